The Balaban J connectivity index is 2.21. The van der Waals surface area contributed by atoms with Crippen molar-refractivity contribution in [1.82, 2.24) is 15.4 Å². The van der Waals surface area contributed by atoms with Crippen LogP contribution in [0.3, 0.4) is 0 Å². The number of nitrogens with two attached hydrogens (primary N) is 1. The van der Waals surface area contributed by atoms with Crippen LogP contribution in [0.4, 0.5) is 10.2 Å². The van der Waals surface area contributed by atoms with Crippen LogP contribution >= 0.6 is 0 Å². The van der Waals surface area contributed by atoms with E-state index < -0.39 is 11.8 Å². The van der Waals surface area contributed by atoms with Crippen molar-refractivity contribution >= 4 is 11.8 Å². The first-order valence-corrected chi connectivity index (χ1v) is 4.31. The van der Waals surface area contributed by atoms with Gasteiger partial charge in [0.1, 0.15) is 0 Å². The normalized spacial score (nSPS) is 10.1. The van der Waals surface area contributed by atoms with Crippen LogP contribution in [-0.2, 0) is 0 Å². The lowest BCUT2D eigenvalue weighted by Gasteiger charge is -2.02. The van der Waals surface area contributed by atoms with Crippen LogP contribution in [0.25, 0.3) is 0 Å². The monoisotopic (exact) mass is 222 g/mol. The van der Waals surface area contributed by atoms with E-state index in [1.165, 1.54) is 24.3 Å². The summed E-state index contributed by atoms with van der Waals surface area (Å²) in [5, 5.41) is 9.09. The Bertz CT molecular complexity index is 526. The molecule has 0 unspecified atom stereocenters. The number of H-pyrrole nitrogens is 1. The molecule has 0 atom stereocenters. The first kappa shape index (κ1) is 10.1. The van der Waals surface area contributed by atoms with Gasteiger partial charge in [-0.05, 0) is 12.1 Å². The summed E-state index contributed by atoms with van der Waals surface area (Å²) in [6.07, 6.45) is 0. The number of hydrogen-bond acceptors (Lipinski definition) is 5. The molecule has 2 rings (SSSR count). The molecule has 0 bridgehead atoms. The quantitative estimate of drug-likeness (QED) is 0.577. The van der Waals surface area contributed by atoms with E-state index in [4.69, 9.17) is 10.5 Å². The number of esters is 1. The molecule has 0 radical (unpaired) electrons. The Morgan fingerprint density at radius 2 is 2.12 bits per heavy atom. The molecule has 82 valence electrons. The lowest BCUT2D eigenvalue weighted by atomic mass is 10.3. The number of aromatic nitrogens is 3. The Morgan fingerprint density at radius 1 is 1.38 bits per heavy atom. The predicted molar refractivity (Wildman–Crippen MR) is 52.2 cm³/mol. The van der Waals surface area contributed by atoms with E-state index in [2.05, 4.69) is 15.4 Å². The topological polar surface area (TPSA) is 93.9 Å². The van der Waals surface area contributed by atoms with Crippen molar-refractivity contribution in [2.75, 3.05) is 5.73 Å². The van der Waals surface area contributed by atoms with Gasteiger partial charge in [-0.15, -0.1) is 10.2 Å². The van der Waals surface area contributed by atoms with Gasteiger partial charge in [-0.25, -0.2) is 9.18 Å². The maximum atomic E-state index is 13.1. The molecule has 6 nitrogen and oxygen atoms in total. The summed E-state index contributed by atoms with van der Waals surface area (Å²) >= 11 is 0. The van der Waals surface area contributed by atoms with E-state index in [0.717, 1.165) is 0 Å². The van der Waals surface area contributed by atoms with Crippen molar-refractivity contribution in [3.05, 3.63) is 35.8 Å². The molecule has 0 spiro atoms. The number of para-hydroxylation sites is 1. The molecule has 0 fully saturated rings. The molecule has 1 aromatic carbocycles. The minimum atomic E-state index is -0.864. The summed E-state index contributed by atoms with van der Waals surface area (Å²) < 4.78 is 17.9. The fourth-order valence-corrected chi connectivity index (χ4v) is 1.07. The third-order valence-electron chi connectivity index (χ3n) is 1.81. The molecular formula is C9H7FN4O2. The summed E-state index contributed by atoms with van der Waals surface area (Å²) in [5.41, 5.74) is 5.16. The molecular weight excluding hydrogens is 215 g/mol. The second kappa shape index (κ2) is 3.97. The Kier molecular flexibility index (Phi) is 2.50. The lowest BCUT2D eigenvalue weighted by molar-refractivity contribution is 0.0723. The molecule has 0 saturated carbocycles. The second-order valence-electron chi connectivity index (χ2n) is 2.88. The summed E-state index contributed by atoms with van der Waals surface area (Å²) in [4.78, 5) is 11.5. The van der Waals surface area contributed by atoms with Gasteiger partial charge in [-0.1, -0.05) is 12.1 Å². The number of carbonyl (C=O) groups excluding carboxylic acids is 1. The number of halogens is 1. The Morgan fingerprint density at radius 3 is 2.75 bits per heavy atom. The molecule has 16 heavy (non-hydrogen) atoms. The second-order valence-corrected chi connectivity index (χ2v) is 2.88. The van der Waals surface area contributed by atoms with E-state index in [0.29, 0.717) is 0 Å². The van der Waals surface area contributed by atoms with Crippen LogP contribution in [0.1, 0.15) is 10.5 Å². The molecule has 1 aromatic heterocycles. The molecule has 0 saturated heterocycles. The maximum absolute atomic E-state index is 13.1. The number of nitrogen functional groups attached to an aromatic ring is 1. The summed E-state index contributed by atoms with van der Waals surface area (Å²) in [7, 11) is 0. The SMILES string of the molecule is Nc1n[nH]nc1C(=O)Oc1ccccc1F. The minimum Gasteiger partial charge on any atom is -0.419 e. The number of benzene rings is 1. The largest absolute Gasteiger partial charge is 0.419 e. The molecule has 0 amide bonds. The van der Waals surface area contributed by atoms with E-state index in [-0.39, 0.29) is 17.3 Å². The molecule has 0 aliphatic heterocycles. The molecule has 1 heterocycles. The van der Waals surface area contributed by atoms with Gasteiger partial charge in [0, 0.05) is 0 Å². The summed E-state index contributed by atoms with van der Waals surface area (Å²) in [6.45, 7) is 0. The zero-order valence-corrected chi connectivity index (χ0v) is 7.98. The number of rotatable bonds is 2. The summed E-state index contributed by atoms with van der Waals surface area (Å²) in [6, 6.07) is 5.52. The average molecular weight is 222 g/mol. The predicted octanol–water partition coefficient (Wildman–Crippen LogP) is 0.745. The molecule has 7 heteroatoms. The number of ether oxygens (including phenoxy) is 1. The van der Waals surface area contributed by atoms with Crippen LogP contribution in [-0.4, -0.2) is 21.4 Å². The summed E-state index contributed by atoms with van der Waals surface area (Å²) in [5.74, 6) is -1.79. The van der Waals surface area contributed by atoms with Gasteiger partial charge < -0.3 is 10.5 Å². The molecule has 0 aliphatic rings. The Labute approximate surface area is 89.2 Å². The highest BCUT2D eigenvalue weighted by Gasteiger charge is 2.17. The van der Waals surface area contributed by atoms with Gasteiger partial charge in [-0.3, -0.25) is 0 Å². The fraction of sp³-hybridized carbons (Fsp3) is 0. The van der Waals surface area contributed by atoms with Crippen molar-refractivity contribution in [1.29, 1.82) is 0 Å². The average Bonchev–Trinajstić information content (AvgIpc) is 2.68. The Hall–Kier alpha value is -2.44. The molecule has 3 N–H and O–H groups in total. The van der Waals surface area contributed by atoms with Crippen LogP contribution in [0.2, 0.25) is 0 Å². The zero-order chi connectivity index (χ0) is 11.5. The highest BCUT2D eigenvalue weighted by molar-refractivity contribution is 5.93. The van der Waals surface area contributed by atoms with Gasteiger partial charge in [0.25, 0.3) is 0 Å². The lowest BCUT2D eigenvalue weighted by Crippen LogP contribution is -2.12. The third kappa shape index (κ3) is 1.83. The number of nitrogens with zero attached hydrogens (tertiary/aromatic N) is 2. The van der Waals surface area contributed by atoms with Crippen molar-refractivity contribution in [2.24, 2.45) is 0 Å². The van der Waals surface area contributed by atoms with Gasteiger partial charge >= 0.3 is 5.97 Å². The third-order valence-corrected chi connectivity index (χ3v) is 1.81. The van der Waals surface area contributed by atoms with Crippen molar-refractivity contribution in [3.63, 3.8) is 0 Å². The van der Waals surface area contributed by atoms with Gasteiger partial charge in [-0.2, -0.15) is 5.21 Å². The van der Waals surface area contributed by atoms with Crippen LogP contribution in [0, 0.1) is 5.82 Å². The maximum Gasteiger partial charge on any atom is 0.368 e. The van der Waals surface area contributed by atoms with Crippen molar-refractivity contribution in [2.45, 2.75) is 0 Å². The van der Waals surface area contributed by atoms with Crippen LogP contribution in [0.5, 0.6) is 5.75 Å². The molecule has 0 aliphatic carbocycles. The van der Waals surface area contributed by atoms with Gasteiger partial charge in [0.05, 0.1) is 0 Å². The standard InChI is InChI=1S/C9H7FN4O2/c10-5-3-1-2-4-6(5)16-9(15)7-8(11)13-14-12-7/h1-4H,(H3,11,12,13,14). The molecule has 2 aromatic rings. The zero-order valence-electron chi connectivity index (χ0n) is 7.98. The first-order chi connectivity index (χ1) is 7.68. The van der Waals surface area contributed by atoms with Crippen molar-refractivity contribution < 1.29 is 13.9 Å². The highest BCUT2D eigenvalue weighted by atomic mass is 19.1. The van der Waals surface area contributed by atoms with Gasteiger partial charge in [0.15, 0.2) is 17.4 Å². The van der Waals surface area contributed by atoms with Crippen LogP contribution in [0.15, 0.2) is 24.3 Å². The van der Waals surface area contributed by atoms with E-state index in [9.17, 15) is 9.18 Å². The number of aromatic amines is 1. The van der Waals surface area contributed by atoms with E-state index in [1.54, 1.807) is 0 Å². The van der Waals surface area contributed by atoms with Crippen LogP contribution < -0.4 is 10.5 Å². The minimum absolute atomic E-state index is 0.0960. The van der Waals surface area contributed by atoms with Gasteiger partial charge in [0.2, 0.25) is 5.69 Å². The smallest absolute Gasteiger partial charge is 0.368 e. The number of nitrogens with one attached hydrogen (secondary N) is 1. The van der Waals surface area contributed by atoms with E-state index >= 15 is 0 Å². The number of hydrogen-bond donors (Lipinski definition) is 2. The van der Waals surface area contributed by atoms with E-state index in [1.807, 2.05) is 0 Å². The number of anilines is 1. The highest BCUT2D eigenvalue weighted by Crippen LogP contribution is 2.17. The first-order valence-electron chi connectivity index (χ1n) is 4.31. The number of carbonyl (C=O) groups is 1. The fourth-order valence-electron chi connectivity index (χ4n) is 1.07. The van der Waals surface area contributed by atoms with Crippen molar-refractivity contribution in [3.8, 4) is 5.75 Å².